The van der Waals surface area contributed by atoms with E-state index in [-0.39, 0.29) is 10.8 Å². The number of hydrogen-bond donors (Lipinski definition) is 1. The molecular weight excluding hydrogens is 488 g/mol. The topological polar surface area (TPSA) is 35.4 Å². The van der Waals surface area contributed by atoms with E-state index in [9.17, 15) is 0 Å². The second-order valence-corrected chi connectivity index (χ2v) is 14.7. The van der Waals surface area contributed by atoms with Gasteiger partial charge in [0.25, 0.3) is 0 Å². The third-order valence-electron chi connectivity index (χ3n) is 9.28. The Morgan fingerprint density at radius 2 is 1.71 bits per heavy atom. The predicted octanol–water partition coefficient (Wildman–Crippen LogP) is 8.42. The van der Waals surface area contributed by atoms with Crippen LogP contribution in [0.25, 0.3) is 11.3 Å². The van der Waals surface area contributed by atoms with Gasteiger partial charge in [0.2, 0.25) is 0 Å². The average Bonchev–Trinajstić information content (AvgIpc) is 3.19. The van der Waals surface area contributed by atoms with Crippen LogP contribution in [0.5, 0.6) is 5.75 Å². The van der Waals surface area contributed by atoms with Crippen LogP contribution in [-0.4, -0.2) is 30.9 Å². The summed E-state index contributed by atoms with van der Waals surface area (Å²) >= 11 is 1.83. The van der Waals surface area contributed by atoms with Crippen molar-refractivity contribution < 1.29 is 9.47 Å². The standard InChI is InChI=1S/C33H50N2O2S/c1-23-30(38-34-21-24-12-15-36-16-13-24)20-29(35(23)22-25-10-8-7-9-11-25)26-18-27(32(2,3)4)31-28(19-26)33(5,6)14-17-37-31/h18-20,24-25,34H,7-17,21-22H2,1-6H3. The number of aromatic nitrogens is 1. The van der Waals surface area contributed by atoms with Crippen molar-refractivity contribution in [3.05, 3.63) is 35.0 Å². The molecule has 1 aromatic heterocycles. The minimum atomic E-state index is 0.0200. The molecule has 0 amide bonds. The molecule has 0 radical (unpaired) electrons. The van der Waals surface area contributed by atoms with Crippen LogP contribution in [-0.2, 0) is 22.1 Å². The van der Waals surface area contributed by atoms with E-state index in [2.05, 4.69) is 69.0 Å². The molecule has 0 spiro atoms. The molecule has 3 aliphatic rings. The normalized spacial score (nSPS) is 20.8. The maximum atomic E-state index is 6.37. The van der Waals surface area contributed by atoms with E-state index in [4.69, 9.17) is 9.47 Å². The van der Waals surface area contributed by atoms with Crippen molar-refractivity contribution in [3.63, 3.8) is 0 Å². The smallest absolute Gasteiger partial charge is 0.126 e. The first-order chi connectivity index (χ1) is 18.1. The number of nitrogens with one attached hydrogen (secondary N) is 1. The third-order valence-corrected chi connectivity index (χ3v) is 10.2. The maximum Gasteiger partial charge on any atom is 0.126 e. The summed E-state index contributed by atoms with van der Waals surface area (Å²) in [5, 5.41) is 0. The molecule has 0 atom stereocenters. The predicted molar refractivity (Wildman–Crippen MR) is 160 cm³/mol. The molecule has 3 heterocycles. The molecule has 210 valence electrons. The largest absolute Gasteiger partial charge is 0.493 e. The van der Waals surface area contributed by atoms with Crippen LogP contribution in [0.1, 0.15) is 103 Å². The van der Waals surface area contributed by atoms with Crippen molar-refractivity contribution in [3.8, 4) is 17.0 Å². The minimum absolute atomic E-state index is 0.0200. The zero-order valence-corrected chi connectivity index (χ0v) is 25.6. The van der Waals surface area contributed by atoms with Crippen LogP contribution >= 0.6 is 11.9 Å². The van der Waals surface area contributed by atoms with E-state index in [0.29, 0.717) is 0 Å². The van der Waals surface area contributed by atoms with E-state index in [1.54, 1.807) is 0 Å². The third kappa shape index (κ3) is 6.15. The molecule has 1 saturated heterocycles. The van der Waals surface area contributed by atoms with E-state index in [1.807, 2.05) is 11.9 Å². The van der Waals surface area contributed by atoms with Gasteiger partial charge in [0.1, 0.15) is 5.75 Å². The van der Waals surface area contributed by atoms with Crippen LogP contribution in [0.4, 0.5) is 0 Å². The zero-order chi connectivity index (χ0) is 26.9. The van der Waals surface area contributed by atoms with Gasteiger partial charge in [0.15, 0.2) is 0 Å². The fraction of sp³-hybridized carbons (Fsp3) is 0.697. The Balaban J connectivity index is 1.52. The Labute approximate surface area is 235 Å². The zero-order valence-electron chi connectivity index (χ0n) is 24.8. The SMILES string of the molecule is Cc1c(SNCC2CCOCC2)cc(-c2cc(C(C)(C)C)c3c(c2)C(C)(C)CCO3)n1CC1CCCCC1. The molecule has 0 unspecified atom stereocenters. The summed E-state index contributed by atoms with van der Waals surface area (Å²) in [5.74, 6) is 2.63. The van der Waals surface area contributed by atoms with Crippen molar-refractivity contribution in [2.45, 2.75) is 115 Å². The molecule has 1 aliphatic carbocycles. The van der Waals surface area contributed by atoms with Gasteiger partial charge < -0.3 is 14.0 Å². The quantitative estimate of drug-likeness (QED) is 0.359. The lowest BCUT2D eigenvalue weighted by Crippen LogP contribution is -2.29. The fourth-order valence-corrected chi connectivity index (χ4v) is 7.45. The highest BCUT2D eigenvalue weighted by atomic mass is 32.2. The Bertz CT molecular complexity index is 1080. The van der Waals surface area contributed by atoms with Crippen LogP contribution in [0, 0.1) is 18.8 Å². The van der Waals surface area contributed by atoms with E-state index >= 15 is 0 Å². The molecule has 2 aliphatic heterocycles. The second kappa shape index (κ2) is 11.6. The number of hydrogen-bond acceptors (Lipinski definition) is 4. The van der Waals surface area contributed by atoms with Gasteiger partial charge in [0, 0.05) is 53.7 Å². The van der Waals surface area contributed by atoms with E-state index in [0.717, 1.165) is 56.9 Å². The van der Waals surface area contributed by atoms with Crippen molar-refractivity contribution >= 4 is 11.9 Å². The highest BCUT2D eigenvalue weighted by Crippen LogP contribution is 2.47. The highest BCUT2D eigenvalue weighted by Gasteiger charge is 2.34. The second-order valence-electron chi connectivity index (χ2n) is 13.7. The minimum Gasteiger partial charge on any atom is -0.493 e. The summed E-state index contributed by atoms with van der Waals surface area (Å²) in [6.07, 6.45) is 10.3. The number of ether oxygens (including phenoxy) is 2. The van der Waals surface area contributed by atoms with Crippen molar-refractivity contribution in [2.75, 3.05) is 26.4 Å². The molecule has 1 N–H and O–H groups in total. The van der Waals surface area contributed by atoms with Crippen LogP contribution in [0.3, 0.4) is 0 Å². The molecule has 5 heteroatoms. The van der Waals surface area contributed by atoms with Gasteiger partial charge in [-0.15, -0.1) is 0 Å². The number of fused-ring (bicyclic) bond motifs is 1. The van der Waals surface area contributed by atoms with Crippen molar-refractivity contribution in [2.24, 2.45) is 11.8 Å². The molecule has 1 saturated carbocycles. The summed E-state index contributed by atoms with van der Waals surface area (Å²) in [5.41, 5.74) is 6.98. The molecule has 5 rings (SSSR count). The van der Waals surface area contributed by atoms with Gasteiger partial charge in [-0.3, -0.25) is 4.72 Å². The molecule has 1 aromatic carbocycles. The molecule has 0 bridgehead atoms. The number of rotatable bonds is 7. The Morgan fingerprint density at radius 1 is 0.974 bits per heavy atom. The van der Waals surface area contributed by atoms with Gasteiger partial charge in [-0.05, 0) is 97.4 Å². The summed E-state index contributed by atoms with van der Waals surface area (Å²) in [6.45, 7) is 18.9. The van der Waals surface area contributed by atoms with Gasteiger partial charge in [-0.1, -0.05) is 53.9 Å². The molecule has 38 heavy (non-hydrogen) atoms. The maximum absolute atomic E-state index is 6.37. The van der Waals surface area contributed by atoms with Gasteiger partial charge in [0.05, 0.1) is 6.61 Å². The van der Waals surface area contributed by atoms with Crippen molar-refractivity contribution in [1.82, 2.24) is 9.29 Å². The highest BCUT2D eigenvalue weighted by molar-refractivity contribution is 7.97. The summed E-state index contributed by atoms with van der Waals surface area (Å²) in [4.78, 5) is 1.37. The van der Waals surface area contributed by atoms with Gasteiger partial charge >= 0.3 is 0 Å². The lowest BCUT2D eigenvalue weighted by atomic mass is 9.74. The fourth-order valence-electron chi connectivity index (χ4n) is 6.55. The number of benzene rings is 1. The first kappa shape index (κ1) is 28.1. The Morgan fingerprint density at radius 3 is 2.42 bits per heavy atom. The molecule has 4 nitrogen and oxygen atoms in total. The van der Waals surface area contributed by atoms with E-state index < -0.39 is 0 Å². The van der Waals surface area contributed by atoms with Crippen molar-refractivity contribution in [1.29, 1.82) is 0 Å². The summed E-state index contributed by atoms with van der Waals surface area (Å²) in [6, 6.07) is 7.36. The van der Waals surface area contributed by atoms with Gasteiger partial charge in [-0.25, -0.2) is 0 Å². The average molecular weight is 539 g/mol. The molecule has 2 fully saturated rings. The van der Waals surface area contributed by atoms with E-state index in [1.165, 1.54) is 77.9 Å². The molecule has 2 aromatic rings. The van der Waals surface area contributed by atoms with Crippen LogP contribution in [0.2, 0.25) is 0 Å². The monoisotopic (exact) mass is 538 g/mol. The lowest BCUT2D eigenvalue weighted by Gasteiger charge is -2.37. The van der Waals surface area contributed by atoms with Crippen LogP contribution in [0.15, 0.2) is 23.1 Å². The Kier molecular flexibility index (Phi) is 8.57. The first-order valence-corrected chi connectivity index (χ1v) is 15.9. The first-order valence-electron chi connectivity index (χ1n) is 15.1. The Hall–Kier alpha value is -1.43. The lowest BCUT2D eigenvalue weighted by molar-refractivity contribution is 0.0680. The van der Waals surface area contributed by atoms with Gasteiger partial charge in [-0.2, -0.15) is 0 Å². The molecular formula is C33H50N2O2S. The van der Waals surface area contributed by atoms with Crippen LogP contribution < -0.4 is 9.46 Å². The number of nitrogens with zero attached hydrogens (tertiary/aromatic N) is 1. The summed E-state index contributed by atoms with van der Waals surface area (Å²) in [7, 11) is 0. The summed E-state index contributed by atoms with van der Waals surface area (Å²) < 4.78 is 18.3.